The maximum atomic E-state index is 13.3. The van der Waals surface area contributed by atoms with Crippen LogP contribution in [0.5, 0.6) is 0 Å². The van der Waals surface area contributed by atoms with Crippen LogP contribution in [0.3, 0.4) is 0 Å². The van der Waals surface area contributed by atoms with Crippen molar-refractivity contribution in [2.75, 3.05) is 13.2 Å². The van der Waals surface area contributed by atoms with Gasteiger partial charge in [-0.05, 0) is 63.5 Å². The van der Waals surface area contributed by atoms with Gasteiger partial charge in [0.05, 0.1) is 36.8 Å². The van der Waals surface area contributed by atoms with Gasteiger partial charge in [-0.2, -0.15) is 0 Å². The lowest BCUT2D eigenvalue weighted by Crippen LogP contribution is -2.43. The van der Waals surface area contributed by atoms with Crippen molar-refractivity contribution in [2.45, 2.75) is 69.8 Å². The molecule has 2 aromatic rings. The van der Waals surface area contributed by atoms with E-state index in [0.717, 1.165) is 18.5 Å². The normalized spacial score (nSPS) is 16.5. The minimum atomic E-state index is -3.76. The van der Waals surface area contributed by atoms with E-state index in [4.69, 9.17) is 17.0 Å². The summed E-state index contributed by atoms with van der Waals surface area (Å²) in [5.41, 5.74) is 1.27. The van der Waals surface area contributed by atoms with E-state index < -0.39 is 15.7 Å². The molecule has 1 unspecified atom stereocenters. The highest BCUT2D eigenvalue weighted by atomic mass is 32.2. The summed E-state index contributed by atoms with van der Waals surface area (Å²) in [7, 11) is -3.76. The summed E-state index contributed by atoms with van der Waals surface area (Å²) >= 11 is 5.53. The van der Waals surface area contributed by atoms with Crippen LogP contribution in [0.4, 0.5) is 4.39 Å². The molecule has 1 aliphatic rings. The van der Waals surface area contributed by atoms with E-state index in [1.165, 1.54) is 24.3 Å². The lowest BCUT2D eigenvalue weighted by molar-refractivity contribution is 0.0935. The zero-order valence-electron chi connectivity index (χ0n) is 18.8. The monoisotopic (exact) mass is 482 g/mol. The number of aromatic nitrogens is 2. The Bertz CT molecular complexity index is 1020. The maximum Gasteiger partial charge on any atom is 0.228 e. The van der Waals surface area contributed by atoms with Gasteiger partial charge >= 0.3 is 0 Å². The Morgan fingerprint density at radius 2 is 2.09 bits per heavy atom. The molecule has 3 rings (SSSR count). The van der Waals surface area contributed by atoms with Crippen LogP contribution in [0.1, 0.15) is 44.9 Å². The van der Waals surface area contributed by atoms with Crippen molar-refractivity contribution in [3.8, 4) is 0 Å². The molecule has 1 fully saturated rings. The third-order valence-corrected chi connectivity index (χ3v) is 7.38. The Hall–Kier alpha value is -2.04. The van der Waals surface area contributed by atoms with Crippen molar-refractivity contribution in [1.82, 2.24) is 19.8 Å². The fourth-order valence-electron chi connectivity index (χ4n) is 3.73. The molecule has 10 heteroatoms. The minimum absolute atomic E-state index is 0.00500. The quantitative estimate of drug-likeness (QED) is 0.550. The van der Waals surface area contributed by atoms with Crippen LogP contribution < -0.4 is 5.32 Å². The summed E-state index contributed by atoms with van der Waals surface area (Å²) in [4.78, 5) is 6.33. The summed E-state index contributed by atoms with van der Waals surface area (Å²) in [5, 5.41) is 3.79. The molecule has 1 aliphatic heterocycles. The molecular formula is C22H31FN4O3S2. The SMILES string of the molecule is CCNC(=S)N(Cc1cnc(S(=O)(=O)Cc2ccc(F)cc2)n1CC1CCCO1)C(C)C. The van der Waals surface area contributed by atoms with Crippen LogP contribution in [0.25, 0.3) is 0 Å². The van der Waals surface area contributed by atoms with Gasteiger partial charge in [-0.3, -0.25) is 0 Å². The van der Waals surface area contributed by atoms with Gasteiger partial charge in [0.2, 0.25) is 15.0 Å². The highest BCUT2D eigenvalue weighted by molar-refractivity contribution is 7.90. The van der Waals surface area contributed by atoms with E-state index in [2.05, 4.69) is 10.3 Å². The average molecular weight is 483 g/mol. The molecule has 2 heterocycles. The number of rotatable bonds is 9. The first kappa shape index (κ1) is 24.6. The van der Waals surface area contributed by atoms with E-state index in [1.54, 1.807) is 10.8 Å². The largest absolute Gasteiger partial charge is 0.376 e. The molecule has 0 saturated carbocycles. The lowest BCUT2D eigenvalue weighted by atomic mass is 10.2. The van der Waals surface area contributed by atoms with Gasteiger partial charge in [0.15, 0.2) is 5.11 Å². The van der Waals surface area contributed by atoms with Gasteiger partial charge < -0.3 is 19.5 Å². The Balaban J connectivity index is 1.94. The van der Waals surface area contributed by atoms with Crippen LogP contribution >= 0.6 is 12.2 Å². The first-order valence-electron chi connectivity index (χ1n) is 10.9. The molecule has 0 aliphatic carbocycles. The summed E-state index contributed by atoms with van der Waals surface area (Å²) in [6, 6.07) is 5.61. The zero-order chi connectivity index (χ0) is 23.3. The topological polar surface area (TPSA) is 76.5 Å². The fourth-order valence-corrected chi connectivity index (χ4v) is 5.66. The molecule has 1 N–H and O–H groups in total. The molecule has 1 saturated heterocycles. The molecule has 0 amide bonds. The van der Waals surface area contributed by atoms with E-state index in [1.807, 2.05) is 25.7 Å². The Morgan fingerprint density at radius 3 is 2.69 bits per heavy atom. The van der Waals surface area contributed by atoms with Crippen LogP contribution in [0.15, 0.2) is 35.6 Å². The summed E-state index contributed by atoms with van der Waals surface area (Å²) in [6.07, 6.45) is 3.38. The summed E-state index contributed by atoms with van der Waals surface area (Å²) in [5.74, 6) is -0.655. The predicted octanol–water partition coefficient (Wildman–Crippen LogP) is 3.28. The Morgan fingerprint density at radius 1 is 1.38 bits per heavy atom. The van der Waals surface area contributed by atoms with Crippen LogP contribution in [-0.4, -0.2) is 53.3 Å². The number of ether oxygens (including phenoxy) is 1. The van der Waals surface area contributed by atoms with Gasteiger partial charge in [0, 0.05) is 19.2 Å². The summed E-state index contributed by atoms with van der Waals surface area (Å²) < 4.78 is 47.3. The molecule has 1 aromatic carbocycles. The average Bonchev–Trinajstić information content (AvgIpc) is 3.38. The molecule has 1 aromatic heterocycles. The Kier molecular flexibility index (Phi) is 8.24. The second-order valence-electron chi connectivity index (χ2n) is 8.22. The minimum Gasteiger partial charge on any atom is -0.376 e. The number of hydrogen-bond donors (Lipinski definition) is 1. The number of imidazole rings is 1. The molecular weight excluding hydrogens is 451 g/mol. The number of nitrogens with zero attached hydrogens (tertiary/aromatic N) is 3. The first-order valence-corrected chi connectivity index (χ1v) is 12.9. The van der Waals surface area contributed by atoms with Gasteiger partial charge in [0.1, 0.15) is 5.82 Å². The standard InChI is InChI=1S/C22H31FN4O3S2/c1-4-24-21(31)26(16(2)3)13-19-12-25-22(27(19)14-20-6-5-11-30-20)32(28,29)15-17-7-9-18(23)10-8-17/h7-10,12,16,20H,4-6,11,13-15H2,1-3H3,(H,24,31). The number of sulfone groups is 1. The summed E-state index contributed by atoms with van der Waals surface area (Å²) in [6.45, 7) is 8.27. The molecule has 32 heavy (non-hydrogen) atoms. The zero-order valence-corrected chi connectivity index (χ0v) is 20.4. The number of halogens is 1. The van der Waals surface area contributed by atoms with Gasteiger partial charge in [0.25, 0.3) is 0 Å². The molecule has 0 radical (unpaired) electrons. The third kappa shape index (κ3) is 6.05. The van der Waals surface area contributed by atoms with E-state index >= 15 is 0 Å². The Labute approximate surface area is 194 Å². The van der Waals surface area contributed by atoms with Gasteiger partial charge in [-0.1, -0.05) is 12.1 Å². The number of hydrogen-bond acceptors (Lipinski definition) is 5. The van der Waals surface area contributed by atoms with Crippen LogP contribution in [0, 0.1) is 5.82 Å². The highest BCUT2D eigenvalue weighted by Crippen LogP contribution is 2.23. The smallest absolute Gasteiger partial charge is 0.228 e. The highest BCUT2D eigenvalue weighted by Gasteiger charge is 2.28. The van der Waals surface area contributed by atoms with Crippen LogP contribution in [0.2, 0.25) is 0 Å². The first-order chi connectivity index (χ1) is 15.2. The second-order valence-corrected chi connectivity index (χ2v) is 10.5. The van der Waals surface area contributed by atoms with Crippen molar-refractivity contribution in [1.29, 1.82) is 0 Å². The van der Waals surface area contributed by atoms with E-state index in [9.17, 15) is 12.8 Å². The van der Waals surface area contributed by atoms with E-state index in [0.29, 0.717) is 36.9 Å². The number of thiocarbonyl (C=S) groups is 1. The molecule has 0 spiro atoms. The molecule has 0 bridgehead atoms. The number of benzene rings is 1. The van der Waals surface area contributed by atoms with Gasteiger partial charge in [-0.15, -0.1) is 0 Å². The molecule has 176 valence electrons. The van der Waals surface area contributed by atoms with Crippen molar-refractivity contribution < 1.29 is 17.5 Å². The van der Waals surface area contributed by atoms with Crippen molar-refractivity contribution in [2.24, 2.45) is 0 Å². The van der Waals surface area contributed by atoms with Crippen LogP contribution in [-0.2, 0) is 33.4 Å². The molecule has 1 atom stereocenters. The molecule has 7 nitrogen and oxygen atoms in total. The number of nitrogens with one attached hydrogen (secondary N) is 1. The van der Waals surface area contributed by atoms with Gasteiger partial charge in [-0.25, -0.2) is 17.8 Å². The lowest BCUT2D eigenvalue weighted by Gasteiger charge is -2.30. The van der Waals surface area contributed by atoms with Crippen molar-refractivity contribution >= 4 is 27.2 Å². The second kappa shape index (κ2) is 10.7. The van der Waals surface area contributed by atoms with Crippen molar-refractivity contribution in [3.63, 3.8) is 0 Å². The predicted molar refractivity (Wildman–Crippen MR) is 125 cm³/mol. The third-order valence-electron chi connectivity index (χ3n) is 5.40. The van der Waals surface area contributed by atoms with E-state index in [-0.39, 0.29) is 23.1 Å². The van der Waals surface area contributed by atoms with Crippen molar-refractivity contribution in [3.05, 3.63) is 47.5 Å². The fraction of sp³-hybridized carbons (Fsp3) is 0.545. The maximum absolute atomic E-state index is 13.3.